The summed E-state index contributed by atoms with van der Waals surface area (Å²) in [6.07, 6.45) is 1.51. The molecule has 17 heavy (non-hydrogen) atoms. The van der Waals surface area contributed by atoms with Gasteiger partial charge in [0.15, 0.2) is 0 Å². The van der Waals surface area contributed by atoms with Crippen LogP contribution in [-0.4, -0.2) is 29.0 Å². The predicted molar refractivity (Wildman–Crippen MR) is 69.3 cm³/mol. The van der Waals surface area contributed by atoms with Crippen LogP contribution in [-0.2, 0) is 4.79 Å². The second-order valence-electron chi connectivity index (χ2n) is 3.80. The Kier molecular flexibility index (Phi) is 3.23. The molecule has 0 radical (unpaired) electrons. The lowest BCUT2D eigenvalue weighted by Crippen LogP contribution is -2.35. The van der Waals surface area contributed by atoms with E-state index in [9.17, 15) is 4.79 Å². The molecular weight excluding hydrogens is 236 g/mol. The molecule has 1 amide bonds. The van der Waals surface area contributed by atoms with Gasteiger partial charge in [0, 0.05) is 7.05 Å². The highest BCUT2D eigenvalue weighted by molar-refractivity contribution is 7.18. The van der Waals surface area contributed by atoms with Crippen LogP contribution >= 0.6 is 11.3 Å². The number of thiophene rings is 1. The van der Waals surface area contributed by atoms with E-state index >= 15 is 0 Å². The van der Waals surface area contributed by atoms with Crippen LogP contribution in [0.25, 0.3) is 10.2 Å². The fourth-order valence-electron chi connectivity index (χ4n) is 1.56. The maximum absolute atomic E-state index is 11.4. The summed E-state index contributed by atoms with van der Waals surface area (Å²) in [7, 11) is 1.62. The molecule has 2 rings (SSSR count). The number of anilines is 1. The summed E-state index contributed by atoms with van der Waals surface area (Å²) in [5.74, 6) is 0.647. The molecule has 0 bridgehead atoms. The standard InChI is InChI=1S/C11H14N4OS/c1-6-4-17-9-8(6)13-5-14-10(9)15-7(2)11(16)12-3/h4-5,7H,1-3H3,(H,12,16)(H,13,14,15). The third kappa shape index (κ3) is 2.21. The van der Waals surface area contributed by atoms with Crippen molar-refractivity contribution in [1.29, 1.82) is 0 Å². The smallest absolute Gasteiger partial charge is 0.241 e. The number of likely N-dealkylation sites (N-methyl/N-ethyl adjacent to an activating group) is 1. The second kappa shape index (κ2) is 4.67. The van der Waals surface area contributed by atoms with E-state index in [-0.39, 0.29) is 11.9 Å². The molecule has 0 fully saturated rings. The lowest BCUT2D eigenvalue weighted by Gasteiger charge is -2.12. The van der Waals surface area contributed by atoms with Gasteiger partial charge in [-0.15, -0.1) is 11.3 Å². The predicted octanol–water partition coefficient (Wildman–Crippen LogP) is 1.55. The van der Waals surface area contributed by atoms with E-state index in [4.69, 9.17) is 0 Å². The molecule has 0 aromatic carbocycles. The summed E-state index contributed by atoms with van der Waals surface area (Å²) >= 11 is 1.58. The molecule has 1 unspecified atom stereocenters. The van der Waals surface area contributed by atoms with E-state index < -0.39 is 0 Å². The Morgan fingerprint density at radius 2 is 2.24 bits per heavy atom. The summed E-state index contributed by atoms with van der Waals surface area (Å²) < 4.78 is 0.987. The van der Waals surface area contributed by atoms with Crippen molar-refractivity contribution in [2.75, 3.05) is 12.4 Å². The van der Waals surface area contributed by atoms with Gasteiger partial charge in [0.05, 0.1) is 10.2 Å². The van der Waals surface area contributed by atoms with Crippen LogP contribution < -0.4 is 10.6 Å². The van der Waals surface area contributed by atoms with Crippen LogP contribution in [0.4, 0.5) is 5.82 Å². The van der Waals surface area contributed by atoms with Crippen molar-refractivity contribution in [2.24, 2.45) is 0 Å². The molecule has 2 N–H and O–H groups in total. The topological polar surface area (TPSA) is 66.9 Å². The fraction of sp³-hybridized carbons (Fsp3) is 0.364. The van der Waals surface area contributed by atoms with Gasteiger partial charge < -0.3 is 10.6 Å². The number of hydrogen-bond acceptors (Lipinski definition) is 5. The zero-order chi connectivity index (χ0) is 12.4. The van der Waals surface area contributed by atoms with Crippen LogP contribution in [0.5, 0.6) is 0 Å². The Balaban J connectivity index is 2.33. The van der Waals surface area contributed by atoms with Crippen molar-refractivity contribution < 1.29 is 4.79 Å². The van der Waals surface area contributed by atoms with E-state index in [1.54, 1.807) is 25.3 Å². The van der Waals surface area contributed by atoms with Crippen molar-refractivity contribution in [2.45, 2.75) is 19.9 Å². The summed E-state index contributed by atoms with van der Waals surface area (Å²) in [6.45, 7) is 3.81. The number of fused-ring (bicyclic) bond motifs is 1. The van der Waals surface area contributed by atoms with Gasteiger partial charge in [0.1, 0.15) is 18.2 Å². The third-order valence-corrected chi connectivity index (χ3v) is 3.62. The first-order chi connectivity index (χ1) is 8.13. The van der Waals surface area contributed by atoms with Crippen LogP contribution in [0.1, 0.15) is 12.5 Å². The number of nitrogens with one attached hydrogen (secondary N) is 2. The Morgan fingerprint density at radius 1 is 1.47 bits per heavy atom. The second-order valence-corrected chi connectivity index (χ2v) is 4.68. The molecule has 0 saturated heterocycles. The first-order valence-corrected chi connectivity index (χ1v) is 6.18. The Labute approximate surface area is 103 Å². The van der Waals surface area contributed by atoms with Gasteiger partial charge in [-0.25, -0.2) is 9.97 Å². The van der Waals surface area contributed by atoms with Crippen LogP contribution in [0.2, 0.25) is 0 Å². The average Bonchev–Trinajstić information content (AvgIpc) is 2.71. The van der Waals surface area contributed by atoms with Gasteiger partial charge in [0.25, 0.3) is 0 Å². The minimum atomic E-state index is -0.319. The van der Waals surface area contributed by atoms with Gasteiger partial charge >= 0.3 is 0 Å². The van der Waals surface area contributed by atoms with Crippen molar-refractivity contribution in [3.05, 3.63) is 17.3 Å². The quantitative estimate of drug-likeness (QED) is 0.867. The Morgan fingerprint density at radius 3 is 2.94 bits per heavy atom. The molecule has 5 nitrogen and oxygen atoms in total. The summed E-state index contributed by atoms with van der Waals surface area (Å²) in [4.78, 5) is 19.9. The van der Waals surface area contributed by atoms with Crippen LogP contribution in [0.15, 0.2) is 11.7 Å². The summed E-state index contributed by atoms with van der Waals surface area (Å²) in [5.41, 5.74) is 2.07. The number of hydrogen-bond donors (Lipinski definition) is 2. The van der Waals surface area contributed by atoms with Crippen LogP contribution in [0.3, 0.4) is 0 Å². The lowest BCUT2D eigenvalue weighted by molar-refractivity contribution is -0.121. The highest BCUT2D eigenvalue weighted by Crippen LogP contribution is 2.28. The molecule has 6 heteroatoms. The SMILES string of the molecule is CNC(=O)C(C)Nc1ncnc2c(C)csc12. The number of carbonyl (C=O) groups excluding carboxylic acids is 1. The number of rotatable bonds is 3. The first-order valence-electron chi connectivity index (χ1n) is 5.30. The van der Waals surface area contributed by atoms with E-state index in [2.05, 4.69) is 20.6 Å². The van der Waals surface area contributed by atoms with Gasteiger partial charge in [-0.2, -0.15) is 0 Å². The molecule has 0 saturated carbocycles. The summed E-state index contributed by atoms with van der Waals surface area (Å²) in [6, 6.07) is -0.319. The van der Waals surface area contributed by atoms with E-state index in [1.807, 2.05) is 12.3 Å². The van der Waals surface area contributed by atoms with Gasteiger partial charge in [-0.3, -0.25) is 4.79 Å². The maximum atomic E-state index is 11.4. The van der Waals surface area contributed by atoms with Crippen LogP contribution in [0, 0.1) is 6.92 Å². The number of carbonyl (C=O) groups is 1. The Hall–Kier alpha value is -1.69. The molecule has 2 aromatic heterocycles. The van der Waals surface area contributed by atoms with E-state index in [1.165, 1.54) is 6.33 Å². The van der Waals surface area contributed by atoms with Crippen molar-refractivity contribution >= 4 is 33.3 Å². The van der Waals surface area contributed by atoms with E-state index in [0.717, 1.165) is 15.8 Å². The third-order valence-electron chi connectivity index (χ3n) is 2.52. The molecule has 2 aromatic rings. The molecule has 0 aliphatic heterocycles. The maximum Gasteiger partial charge on any atom is 0.241 e. The normalized spacial score (nSPS) is 12.4. The molecule has 1 atom stereocenters. The number of aryl methyl sites for hydroxylation is 1. The lowest BCUT2D eigenvalue weighted by atomic mass is 10.3. The molecule has 0 spiro atoms. The minimum Gasteiger partial charge on any atom is -0.357 e. The molecule has 2 heterocycles. The zero-order valence-electron chi connectivity index (χ0n) is 9.94. The van der Waals surface area contributed by atoms with Gasteiger partial charge in [-0.05, 0) is 24.8 Å². The molecular formula is C11H14N4OS. The highest BCUT2D eigenvalue weighted by atomic mass is 32.1. The van der Waals surface area contributed by atoms with Crippen molar-refractivity contribution in [3.63, 3.8) is 0 Å². The summed E-state index contributed by atoms with van der Waals surface area (Å²) in [5, 5.41) is 7.73. The zero-order valence-corrected chi connectivity index (χ0v) is 10.8. The highest BCUT2D eigenvalue weighted by Gasteiger charge is 2.14. The Bertz CT molecular complexity index is 551. The number of amides is 1. The first kappa shape index (κ1) is 11.8. The largest absolute Gasteiger partial charge is 0.357 e. The number of aromatic nitrogens is 2. The van der Waals surface area contributed by atoms with Crippen molar-refractivity contribution in [1.82, 2.24) is 15.3 Å². The molecule has 0 aliphatic carbocycles. The molecule has 90 valence electrons. The fourth-order valence-corrected chi connectivity index (χ4v) is 2.51. The van der Waals surface area contributed by atoms with Gasteiger partial charge in [-0.1, -0.05) is 0 Å². The van der Waals surface area contributed by atoms with E-state index in [0.29, 0.717) is 5.82 Å². The van der Waals surface area contributed by atoms with Gasteiger partial charge in [0.2, 0.25) is 5.91 Å². The number of nitrogens with zero attached hydrogens (tertiary/aromatic N) is 2. The minimum absolute atomic E-state index is 0.0648. The monoisotopic (exact) mass is 250 g/mol. The molecule has 0 aliphatic rings. The average molecular weight is 250 g/mol. The van der Waals surface area contributed by atoms with Crippen molar-refractivity contribution in [3.8, 4) is 0 Å².